The highest BCUT2D eigenvalue weighted by Crippen LogP contribution is 2.37. The summed E-state index contributed by atoms with van der Waals surface area (Å²) < 4.78 is 10.8. The number of nitrogens with zero attached hydrogens (tertiary/aromatic N) is 1. The van der Waals surface area contributed by atoms with E-state index in [-0.39, 0.29) is 17.5 Å². The quantitative estimate of drug-likeness (QED) is 0.591. The van der Waals surface area contributed by atoms with Gasteiger partial charge in [0.1, 0.15) is 11.6 Å². The molecular weight excluding hydrogens is 352 g/mol. The molecular formula is C20H25ClN2O3. The summed E-state index contributed by atoms with van der Waals surface area (Å²) in [4.78, 5) is 12.5. The van der Waals surface area contributed by atoms with Gasteiger partial charge >= 0.3 is 0 Å². The van der Waals surface area contributed by atoms with Gasteiger partial charge in [-0.2, -0.15) is 5.26 Å². The molecule has 0 bridgehead atoms. The van der Waals surface area contributed by atoms with Crippen LogP contribution in [0.15, 0.2) is 17.7 Å². The molecule has 140 valence electrons. The lowest BCUT2D eigenvalue weighted by atomic mass is 9.86. The van der Waals surface area contributed by atoms with Crippen LogP contribution in [0.5, 0.6) is 11.5 Å². The normalized spacial score (nSPS) is 20.2. The predicted molar refractivity (Wildman–Crippen MR) is 102 cm³/mol. The molecule has 1 N–H and O–H groups in total. The first-order valence-electron chi connectivity index (χ1n) is 8.93. The molecule has 2 atom stereocenters. The number of benzene rings is 1. The molecule has 0 aromatic heterocycles. The molecule has 0 radical (unpaired) electrons. The number of halogens is 1. The fourth-order valence-electron chi connectivity index (χ4n) is 3.22. The highest BCUT2D eigenvalue weighted by Gasteiger charge is 2.24. The van der Waals surface area contributed by atoms with Gasteiger partial charge in [0.2, 0.25) is 0 Å². The fraction of sp³-hybridized carbons (Fsp3) is 0.500. The van der Waals surface area contributed by atoms with Gasteiger partial charge in [0.05, 0.1) is 18.7 Å². The van der Waals surface area contributed by atoms with Crippen LogP contribution in [0, 0.1) is 17.2 Å². The standard InChI is InChI=1S/C20H25ClN2O3/c1-4-26-18-11-14(10-16(21)19(18)25-3)9-15(12-22)20(24)23-17-8-6-5-7-13(17)2/h9-11,13,17H,4-8H2,1-3H3,(H,23,24)/b15-9+/t13-,17-/m1/s1. The third-order valence-electron chi connectivity index (χ3n) is 4.64. The van der Waals surface area contributed by atoms with Gasteiger partial charge in [-0.3, -0.25) is 4.79 Å². The molecule has 2 rings (SSSR count). The van der Waals surface area contributed by atoms with Crippen molar-refractivity contribution in [3.8, 4) is 17.6 Å². The highest BCUT2D eigenvalue weighted by molar-refractivity contribution is 6.32. The minimum absolute atomic E-state index is 0.0476. The minimum atomic E-state index is -0.351. The molecule has 0 spiro atoms. The second-order valence-electron chi connectivity index (χ2n) is 6.48. The summed E-state index contributed by atoms with van der Waals surface area (Å²) in [6, 6.07) is 5.47. The first-order chi connectivity index (χ1) is 12.5. The molecule has 1 aliphatic rings. The number of hydrogen-bond donors (Lipinski definition) is 1. The molecule has 1 aromatic carbocycles. The number of rotatable bonds is 6. The number of ether oxygens (including phenoxy) is 2. The summed E-state index contributed by atoms with van der Waals surface area (Å²) in [7, 11) is 1.51. The van der Waals surface area contributed by atoms with Crippen LogP contribution >= 0.6 is 11.6 Å². The zero-order valence-electron chi connectivity index (χ0n) is 15.5. The average molecular weight is 377 g/mol. The summed E-state index contributed by atoms with van der Waals surface area (Å²) >= 11 is 6.23. The number of nitrogens with one attached hydrogen (secondary N) is 1. The van der Waals surface area contributed by atoms with Crippen LogP contribution in [0.25, 0.3) is 6.08 Å². The van der Waals surface area contributed by atoms with Gasteiger partial charge in [0.25, 0.3) is 5.91 Å². The molecule has 26 heavy (non-hydrogen) atoms. The van der Waals surface area contributed by atoms with Gasteiger partial charge < -0.3 is 14.8 Å². The van der Waals surface area contributed by atoms with Crippen LogP contribution in [0.1, 0.15) is 45.1 Å². The van der Waals surface area contributed by atoms with Crippen LogP contribution in [-0.4, -0.2) is 25.7 Å². The Bertz CT molecular complexity index is 725. The molecule has 1 amide bonds. The van der Waals surface area contributed by atoms with E-state index in [4.69, 9.17) is 21.1 Å². The maximum absolute atomic E-state index is 12.5. The fourth-order valence-corrected chi connectivity index (χ4v) is 3.52. The summed E-state index contributed by atoms with van der Waals surface area (Å²) in [5.74, 6) is 0.987. The Morgan fingerprint density at radius 3 is 2.77 bits per heavy atom. The Morgan fingerprint density at radius 2 is 2.15 bits per heavy atom. The minimum Gasteiger partial charge on any atom is -0.491 e. The molecule has 5 nitrogen and oxygen atoms in total. The second-order valence-corrected chi connectivity index (χ2v) is 6.89. The highest BCUT2D eigenvalue weighted by atomic mass is 35.5. The molecule has 0 heterocycles. The summed E-state index contributed by atoms with van der Waals surface area (Å²) in [6.07, 6.45) is 5.87. The number of carbonyl (C=O) groups is 1. The monoisotopic (exact) mass is 376 g/mol. The van der Waals surface area contributed by atoms with Gasteiger partial charge in [0, 0.05) is 6.04 Å². The smallest absolute Gasteiger partial charge is 0.262 e. The van der Waals surface area contributed by atoms with Crippen LogP contribution < -0.4 is 14.8 Å². The van der Waals surface area contributed by atoms with E-state index in [9.17, 15) is 10.1 Å². The maximum Gasteiger partial charge on any atom is 0.262 e. The van der Waals surface area contributed by atoms with Gasteiger partial charge in [-0.05, 0) is 49.5 Å². The van der Waals surface area contributed by atoms with Crippen molar-refractivity contribution < 1.29 is 14.3 Å². The largest absolute Gasteiger partial charge is 0.491 e. The van der Waals surface area contributed by atoms with E-state index < -0.39 is 0 Å². The second kappa shape index (κ2) is 9.49. The van der Waals surface area contributed by atoms with Crippen molar-refractivity contribution in [2.45, 2.75) is 45.6 Å². The average Bonchev–Trinajstić information content (AvgIpc) is 2.61. The van der Waals surface area contributed by atoms with Crippen molar-refractivity contribution in [3.05, 3.63) is 28.3 Å². The number of nitriles is 1. The van der Waals surface area contributed by atoms with Crippen LogP contribution in [0.3, 0.4) is 0 Å². The van der Waals surface area contributed by atoms with Crippen molar-refractivity contribution in [2.75, 3.05) is 13.7 Å². The Balaban J connectivity index is 2.24. The topological polar surface area (TPSA) is 71.3 Å². The van der Waals surface area contributed by atoms with E-state index >= 15 is 0 Å². The third kappa shape index (κ3) is 4.92. The van der Waals surface area contributed by atoms with E-state index in [1.165, 1.54) is 19.6 Å². The maximum atomic E-state index is 12.5. The number of hydrogen-bond acceptors (Lipinski definition) is 4. The molecule has 1 saturated carbocycles. The lowest BCUT2D eigenvalue weighted by Gasteiger charge is -2.29. The van der Waals surface area contributed by atoms with Crippen molar-refractivity contribution in [1.82, 2.24) is 5.32 Å². The van der Waals surface area contributed by atoms with Gasteiger partial charge in [-0.25, -0.2) is 0 Å². The summed E-state index contributed by atoms with van der Waals surface area (Å²) in [6.45, 7) is 4.44. The lowest BCUT2D eigenvalue weighted by molar-refractivity contribution is -0.118. The Labute approximate surface area is 159 Å². The lowest BCUT2D eigenvalue weighted by Crippen LogP contribution is -2.41. The zero-order valence-corrected chi connectivity index (χ0v) is 16.2. The Morgan fingerprint density at radius 1 is 1.42 bits per heavy atom. The molecule has 1 aliphatic carbocycles. The molecule has 0 aliphatic heterocycles. The van der Waals surface area contributed by atoms with E-state index in [0.29, 0.717) is 34.6 Å². The molecule has 6 heteroatoms. The van der Waals surface area contributed by atoms with Crippen LogP contribution in [0.4, 0.5) is 0 Å². The first kappa shape index (κ1) is 20.1. The molecule has 0 unspecified atom stereocenters. The van der Waals surface area contributed by atoms with E-state index in [1.54, 1.807) is 12.1 Å². The van der Waals surface area contributed by atoms with Gasteiger partial charge in [-0.15, -0.1) is 0 Å². The van der Waals surface area contributed by atoms with Crippen molar-refractivity contribution in [2.24, 2.45) is 5.92 Å². The number of carbonyl (C=O) groups excluding carboxylic acids is 1. The van der Waals surface area contributed by atoms with E-state index in [2.05, 4.69) is 12.2 Å². The van der Waals surface area contributed by atoms with Crippen molar-refractivity contribution >= 4 is 23.6 Å². The summed E-state index contributed by atoms with van der Waals surface area (Å²) in [5, 5.41) is 12.8. The SMILES string of the molecule is CCOc1cc(/C=C(\C#N)C(=O)N[C@@H]2CCCC[C@H]2C)cc(Cl)c1OC. The molecule has 1 fully saturated rings. The van der Waals surface area contributed by atoms with E-state index in [1.807, 2.05) is 13.0 Å². The van der Waals surface area contributed by atoms with Gasteiger partial charge in [-0.1, -0.05) is 31.4 Å². The van der Waals surface area contributed by atoms with E-state index in [0.717, 1.165) is 19.3 Å². The molecule has 0 saturated heterocycles. The zero-order chi connectivity index (χ0) is 19.1. The van der Waals surface area contributed by atoms with Crippen LogP contribution in [-0.2, 0) is 4.79 Å². The predicted octanol–water partition coefficient (Wildman–Crippen LogP) is 4.35. The van der Waals surface area contributed by atoms with Crippen molar-refractivity contribution in [1.29, 1.82) is 5.26 Å². The Hall–Kier alpha value is -2.19. The van der Waals surface area contributed by atoms with Crippen molar-refractivity contribution in [3.63, 3.8) is 0 Å². The van der Waals surface area contributed by atoms with Gasteiger partial charge in [0.15, 0.2) is 11.5 Å². The van der Waals surface area contributed by atoms with Crippen LogP contribution in [0.2, 0.25) is 5.02 Å². The summed E-state index contributed by atoms with van der Waals surface area (Å²) in [5.41, 5.74) is 0.661. The first-order valence-corrected chi connectivity index (χ1v) is 9.30. The number of amides is 1. The molecule has 1 aromatic rings. The Kier molecular flexibility index (Phi) is 7.35. The number of methoxy groups -OCH3 is 1. The third-order valence-corrected chi connectivity index (χ3v) is 4.92.